The van der Waals surface area contributed by atoms with Crippen molar-refractivity contribution in [3.05, 3.63) is 71.3 Å². The molecule has 1 N–H and O–H groups in total. The van der Waals surface area contributed by atoms with Crippen molar-refractivity contribution in [2.75, 3.05) is 14.2 Å². The van der Waals surface area contributed by atoms with Gasteiger partial charge in [0.05, 0.1) is 14.2 Å². The van der Waals surface area contributed by atoms with Crippen molar-refractivity contribution in [2.45, 2.75) is 44.1 Å². The van der Waals surface area contributed by atoms with Gasteiger partial charge >= 0.3 is 0 Å². The van der Waals surface area contributed by atoms with Crippen LogP contribution in [0.2, 0.25) is 0 Å². The zero-order valence-electron chi connectivity index (χ0n) is 15.9. The normalized spacial score (nSPS) is 20.6. The van der Waals surface area contributed by atoms with Gasteiger partial charge in [0.2, 0.25) is 0 Å². The van der Waals surface area contributed by atoms with Gasteiger partial charge < -0.3 is 14.6 Å². The molecule has 26 heavy (non-hydrogen) atoms. The summed E-state index contributed by atoms with van der Waals surface area (Å²) < 4.78 is 11.4. The van der Waals surface area contributed by atoms with E-state index in [1.165, 1.54) is 0 Å². The van der Waals surface area contributed by atoms with Crippen LogP contribution < -0.4 is 9.47 Å². The van der Waals surface area contributed by atoms with Crippen molar-refractivity contribution < 1.29 is 14.6 Å². The Morgan fingerprint density at radius 3 is 2.38 bits per heavy atom. The molecule has 2 aromatic carbocycles. The van der Waals surface area contributed by atoms with Crippen molar-refractivity contribution in [1.82, 2.24) is 0 Å². The monoisotopic (exact) mass is 352 g/mol. The van der Waals surface area contributed by atoms with Crippen LogP contribution in [-0.2, 0) is 5.41 Å². The SMILES string of the molecule is CCC1(c2cc(C(O)c3ccccc3)cc(OC)c2OC)CC=CCC1. The van der Waals surface area contributed by atoms with Crippen molar-refractivity contribution in [2.24, 2.45) is 0 Å². The molecule has 0 aromatic heterocycles. The first-order valence-corrected chi connectivity index (χ1v) is 9.29. The van der Waals surface area contributed by atoms with E-state index in [2.05, 4.69) is 25.1 Å². The molecular weight excluding hydrogens is 324 g/mol. The Hall–Kier alpha value is -2.26. The quantitative estimate of drug-likeness (QED) is 0.729. The molecule has 3 nitrogen and oxygen atoms in total. The van der Waals surface area contributed by atoms with Gasteiger partial charge in [0.15, 0.2) is 11.5 Å². The van der Waals surface area contributed by atoms with Crippen LogP contribution >= 0.6 is 0 Å². The van der Waals surface area contributed by atoms with E-state index in [1.54, 1.807) is 14.2 Å². The number of hydrogen-bond acceptors (Lipinski definition) is 3. The molecule has 138 valence electrons. The summed E-state index contributed by atoms with van der Waals surface area (Å²) >= 11 is 0. The standard InChI is InChI=1S/C23H28O3/c1-4-23(13-9-6-10-14-23)19-15-18(16-20(25-2)22(19)26-3)21(24)17-11-7-5-8-12-17/h5-9,11-12,15-16,21,24H,4,10,13-14H2,1-3H3. The molecule has 0 aliphatic heterocycles. The zero-order valence-corrected chi connectivity index (χ0v) is 15.9. The lowest BCUT2D eigenvalue weighted by Crippen LogP contribution is -2.27. The summed E-state index contributed by atoms with van der Waals surface area (Å²) in [5.41, 5.74) is 2.86. The van der Waals surface area contributed by atoms with Crippen LogP contribution in [0.15, 0.2) is 54.6 Å². The fourth-order valence-corrected chi connectivity index (χ4v) is 4.01. The van der Waals surface area contributed by atoms with Gasteiger partial charge in [-0.3, -0.25) is 0 Å². The first kappa shape index (κ1) is 18.5. The predicted octanol–water partition coefficient (Wildman–Crippen LogP) is 5.17. The van der Waals surface area contributed by atoms with E-state index in [-0.39, 0.29) is 5.41 Å². The number of rotatable bonds is 6. The van der Waals surface area contributed by atoms with Crippen molar-refractivity contribution >= 4 is 0 Å². The summed E-state index contributed by atoms with van der Waals surface area (Å²) in [7, 11) is 3.34. The Morgan fingerprint density at radius 1 is 1.04 bits per heavy atom. The van der Waals surface area contributed by atoms with Crippen LogP contribution in [0.3, 0.4) is 0 Å². The molecule has 2 aromatic rings. The third-order valence-electron chi connectivity index (χ3n) is 5.65. The van der Waals surface area contributed by atoms with Gasteiger partial charge in [-0.05, 0) is 48.9 Å². The molecule has 3 heteroatoms. The average molecular weight is 352 g/mol. The number of aliphatic hydroxyl groups is 1. The van der Waals surface area contributed by atoms with E-state index < -0.39 is 6.10 Å². The fourth-order valence-electron chi connectivity index (χ4n) is 4.01. The molecule has 0 spiro atoms. The van der Waals surface area contributed by atoms with Gasteiger partial charge in [-0.2, -0.15) is 0 Å². The summed E-state index contributed by atoms with van der Waals surface area (Å²) in [4.78, 5) is 0. The largest absolute Gasteiger partial charge is 0.493 e. The molecule has 1 aliphatic carbocycles. The summed E-state index contributed by atoms with van der Waals surface area (Å²) in [6, 6.07) is 13.7. The Balaban J connectivity index is 2.15. The number of ether oxygens (including phenoxy) is 2. The molecule has 2 atom stereocenters. The second kappa shape index (κ2) is 7.96. The van der Waals surface area contributed by atoms with E-state index in [0.717, 1.165) is 48.1 Å². The molecule has 0 saturated heterocycles. The number of hydrogen-bond donors (Lipinski definition) is 1. The van der Waals surface area contributed by atoms with Crippen LogP contribution in [-0.4, -0.2) is 19.3 Å². The molecule has 2 unspecified atom stereocenters. The minimum Gasteiger partial charge on any atom is -0.493 e. The molecular formula is C23H28O3. The first-order valence-electron chi connectivity index (χ1n) is 9.29. The van der Waals surface area contributed by atoms with Crippen molar-refractivity contribution in [3.8, 4) is 11.5 Å². The topological polar surface area (TPSA) is 38.7 Å². The summed E-state index contributed by atoms with van der Waals surface area (Å²) in [6.07, 6.45) is 7.95. The highest BCUT2D eigenvalue weighted by atomic mass is 16.5. The highest BCUT2D eigenvalue weighted by Crippen LogP contribution is 2.48. The lowest BCUT2D eigenvalue weighted by atomic mass is 9.69. The molecule has 3 rings (SSSR count). The smallest absolute Gasteiger partial charge is 0.164 e. The number of methoxy groups -OCH3 is 2. The third-order valence-corrected chi connectivity index (χ3v) is 5.65. The van der Waals surface area contributed by atoms with Gasteiger partial charge in [0, 0.05) is 11.0 Å². The second-order valence-electron chi connectivity index (χ2n) is 6.97. The van der Waals surface area contributed by atoms with Crippen LogP contribution in [0.1, 0.15) is 55.4 Å². The number of benzene rings is 2. The van der Waals surface area contributed by atoms with Crippen molar-refractivity contribution in [1.29, 1.82) is 0 Å². The van der Waals surface area contributed by atoms with E-state index in [0.29, 0.717) is 5.75 Å². The van der Waals surface area contributed by atoms with Gasteiger partial charge in [0.1, 0.15) is 6.10 Å². The Labute approximate surface area is 156 Å². The maximum atomic E-state index is 10.9. The van der Waals surface area contributed by atoms with Gasteiger partial charge in [-0.1, -0.05) is 49.4 Å². The lowest BCUT2D eigenvalue weighted by molar-refractivity contribution is 0.218. The third kappa shape index (κ3) is 3.36. The van der Waals surface area contributed by atoms with E-state index in [1.807, 2.05) is 36.4 Å². The molecule has 0 heterocycles. The number of aliphatic hydroxyl groups excluding tert-OH is 1. The summed E-state index contributed by atoms with van der Waals surface area (Å²) in [5.74, 6) is 1.46. The average Bonchev–Trinajstić information content (AvgIpc) is 2.73. The maximum Gasteiger partial charge on any atom is 0.164 e. The fraction of sp³-hybridized carbons (Fsp3) is 0.391. The molecule has 0 saturated carbocycles. The maximum absolute atomic E-state index is 10.9. The predicted molar refractivity (Wildman–Crippen MR) is 105 cm³/mol. The van der Waals surface area contributed by atoms with Crippen LogP contribution in [0.25, 0.3) is 0 Å². The second-order valence-corrected chi connectivity index (χ2v) is 6.97. The Kier molecular flexibility index (Phi) is 5.67. The minimum atomic E-state index is -0.692. The molecule has 0 amide bonds. The Bertz CT molecular complexity index is 767. The van der Waals surface area contributed by atoms with Crippen LogP contribution in [0, 0.1) is 0 Å². The van der Waals surface area contributed by atoms with Crippen molar-refractivity contribution in [3.63, 3.8) is 0 Å². The summed E-state index contributed by atoms with van der Waals surface area (Å²) in [6.45, 7) is 2.23. The minimum absolute atomic E-state index is 0.0137. The first-order chi connectivity index (χ1) is 12.6. The van der Waals surface area contributed by atoms with Crippen LogP contribution in [0.4, 0.5) is 0 Å². The van der Waals surface area contributed by atoms with E-state index in [4.69, 9.17) is 9.47 Å². The molecule has 1 aliphatic rings. The molecule has 0 fully saturated rings. The van der Waals surface area contributed by atoms with Gasteiger partial charge in [-0.25, -0.2) is 0 Å². The van der Waals surface area contributed by atoms with Crippen LogP contribution in [0.5, 0.6) is 11.5 Å². The molecule has 0 radical (unpaired) electrons. The highest BCUT2D eigenvalue weighted by Gasteiger charge is 2.35. The lowest BCUT2D eigenvalue weighted by Gasteiger charge is -2.36. The van der Waals surface area contributed by atoms with E-state index in [9.17, 15) is 5.11 Å². The van der Waals surface area contributed by atoms with Gasteiger partial charge in [-0.15, -0.1) is 0 Å². The molecule has 0 bridgehead atoms. The zero-order chi connectivity index (χ0) is 18.6. The number of allylic oxidation sites excluding steroid dienone is 2. The highest BCUT2D eigenvalue weighted by molar-refractivity contribution is 5.54. The van der Waals surface area contributed by atoms with Gasteiger partial charge in [0.25, 0.3) is 0 Å². The van der Waals surface area contributed by atoms with E-state index >= 15 is 0 Å². The summed E-state index contributed by atoms with van der Waals surface area (Å²) in [5, 5.41) is 10.9. The Morgan fingerprint density at radius 2 is 1.81 bits per heavy atom.